The SMILES string of the molecule is COc1ccc([C@H]2C[C@H]2/C(C)=N\OCc2ccccc2)cc1. The molecule has 0 amide bonds. The zero-order chi connectivity index (χ0) is 15.4. The fourth-order valence-electron chi connectivity index (χ4n) is 2.73. The minimum Gasteiger partial charge on any atom is -0.497 e. The van der Waals surface area contributed by atoms with E-state index in [0.717, 1.165) is 23.4 Å². The molecule has 0 bridgehead atoms. The molecule has 1 aliphatic carbocycles. The van der Waals surface area contributed by atoms with E-state index in [0.29, 0.717) is 18.4 Å². The van der Waals surface area contributed by atoms with Crippen molar-refractivity contribution in [2.24, 2.45) is 11.1 Å². The van der Waals surface area contributed by atoms with E-state index in [1.54, 1.807) is 7.11 Å². The number of hydrogen-bond donors (Lipinski definition) is 0. The van der Waals surface area contributed by atoms with Gasteiger partial charge in [0.05, 0.1) is 12.8 Å². The fourth-order valence-corrected chi connectivity index (χ4v) is 2.73. The lowest BCUT2D eigenvalue weighted by molar-refractivity contribution is 0.129. The second-order valence-corrected chi connectivity index (χ2v) is 5.71. The molecule has 0 heterocycles. The van der Waals surface area contributed by atoms with E-state index in [4.69, 9.17) is 9.57 Å². The van der Waals surface area contributed by atoms with Gasteiger partial charge in [0.15, 0.2) is 0 Å². The van der Waals surface area contributed by atoms with Gasteiger partial charge in [0.2, 0.25) is 0 Å². The van der Waals surface area contributed by atoms with Gasteiger partial charge in [-0.15, -0.1) is 0 Å². The highest BCUT2D eigenvalue weighted by molar-refractivity contribution is 5.87. The summed E-state index contributed by atoms with van der Waals surface area (Å²) >= 11 is 0. The Morgan fingerprint density at radius 2 is 1.82 bits per heavy atom. The molecule has 0 unspecified atom stereocenters. The van der Waals surface area contributed by atoms with E-state index < -0.39 is 0 Å². The smallest absolute Gasteiger partial charge is 0.142 e. The number of nitrogens with zero attached hydrogens (tertiary/aromatic N) is 1. The largest absolute Gasteiger partial charge is 0.497 e. The molecule has 3 nitrogen and oxygen atoms in total. The number of oxime groups is 1. The predicted octanol–water partition coefficient (Wildman–Crippen LogP) is 4.39. The first-order valence-electron chi connectivity index (χ1n) is 7.62. The molecule has 114 valence electrons. The van der Waals surface area contributed by atoms with Gasteiger partial charge in [-0.3, -0.25) is 0 Å². The van der Waals surface area contributed by atoms with Gasteiger partial charge < -0.3 is 9.57 Å². The van der Waals surface area contributed by atoms with Crippen LogP contribution in [0.1, 0.15) is 30.4 Å². The first-order valence-corrected chi connectivity index (χ1v) is 7.62. The third kappa shape index (κ3) is 3.48. The first kappa shape index (κ1) is 14.6. The van der Waals surface area contributed by atoms with Crippen molar-refractivity contribution in [2.75, 3.05) is 7.11 Å². The number of ether oxygens (including phenoxy) is 1. The zero-order valence-electron chi connectivity index (χ0n) is 13.0. The molecule has 0 saturated heterocycles. The van der Waals surface area contributed by atoms with E-state index in [-0.39, 0.29) is 0 Å². The van der Waals surface area contributed by atoms with Crippen molar-refractivity contribution in [2.45, 2.75) is 25.9 Å². The van der Waals surface area contributed by atoms with E-state index in [1.807, 2.05) is 42.5 Å². The highest BCUT2D eigenvalue weighted by atomic mass is 16.6. The summed E-state index contributed by atoms with van der Waals surface area (Å²) in [5.41, 5.74) is 3.57. The average Bonchev–Trinajstić information content (AvgIpc) is 3.37. The predicted molar refractivity (Wildman–Crippen MR) is 88.2 cm³/mol. The van der Waals surface area contributed by atoms with Crippen LogP contribution >= 0.6 is 0 Å². The summed E-state index contributed by atoms with van der Waals surface area (Å²) in [6.07, 6.45) is 1.15. The molecule has 0 spiro atoms. The molecule has 0 N–H and O–H groups in total. The molecule has 0 radical (unpaired) electrons. The number of rotatable bonds is 6. The topological polar surface area (TPSA) is 30.8 Å². The minimum atomic E-state index is 0.504. The fraction of sp³-hybridized carbons (Fsp3) is 0.316. The summed E-state index contributed by atoms with van der Waals surface area (Å²) in [5.74, 6) is 1.97. The standard InChI is InChI=1S/C19H21NO2/c1-14(20-22-13-15-6-4-3-5-7-15)18-12-19(18)16-8-10-17(21-2)11-9-16/h3-11,18-19H,12-13H2,1-2H3/b20-14-/t18-,19+/m0/s1. The van der Waals surface area contributed by atoms with Gasteiger partial charge in [0, 0.05) is 5.92 Å². The Bertz CT molecular complexity index is 634. The molecule has 3 rings (SSSR count). The normalized spacial score (nSPS) is 20.5. The van der Waals surface area contributed by atoms with Gasteiger partial charge in [-0.05, 0) is 42.5 Å². The maximum Gasteiger partial charge on any atom is 0.142 e. The van der Waals surface area contributed by atoms with Crippen LogP contribution < -0.4 is 4.74 Å². The summed E-state index contributed by atoms with van der Waals surface area (Å²) in [6, 6.07) is 18.4. The average molecular weight is 295 g/mol. The van der Waals surface area contributed by atoms with E-state index in [9.17, 15) is 0 Å². The number of methoxy groups -OCH3 is 1. The molecule has 2 aromatic rings. The summed E-state index contributed by atoms with van der Waals surface area (Å²) in [6.45, 7) is 2.58. The highest BCUT2D eigenvalue weighted by Gasteiger charge is 2.40. The van der Waals surface area contributed by atoms with Crippen molar-refractivity contribution < 1.29 is 9.57 Å². The van der Waals surface area contributed by atoms with Crippen LogP contribution in [0.3, 0.4) is 0 Å². The van der Waals surface area contributed by atoms with E-state index >= 15 is 0 Å². The van der Waals surface area contributed by atoms with Crippen molar-refractivity contribution in [3.63, 3.8) is 0 Å². The van der Waals surface area contributed by atoms with Crippen LogP contribution in [0.5, 0.6) is 5.75 Å². The van der Waals surface area contributed by atoms with Crippen LogP contribution in [0.15, 0.2) is 59.8 Å². The quantitative estimate of drug-likeness (QED) is 0.584. The van der Waals surface area contributed by atoms with Gasteiger partial charge in [-0.25, -0.2) is 0 Å². The zero-order valence-corrected chi connectivity index (χ0v) is 13.0. The maximum atomic E-state index is 5.47. The maximum absolute atomic E-state index is 5.47. The third-order valence-corrected chi connectivity index (χ3v) is 4.15. The van der Waals surface area contributed by atoms with Crippen LogP contribution in [0, 0.1) is 5.92 Å². The van der Waals surface area contributed by atoms with E-state index in [2.05, 4.69) is 24.2 Å². The molecule has 0 aliphatic heterocycles. The Balaban J connectivity index is 1.53. The summed E-state index contributed by atoms with van der Waals surface area (Å²) in [7, 11) is 1.69. The van der Waals surface area contributed by atoms with Gasteiger partial charge in [0.25, 0.3) is 0 Å². The molecule has 22 heavy (non-hydrogen) atoms. The molecule has 1 saturated carbocycles. The van der Waals surface area contributed by atoms with Crippen LogP contribution in [0.2, 0.25) is 0 Å². The molecular formula is C19H21NO2. The minimum absolute atomic E-state index is 0.504. The molecule has 1 aliphatic rings. The lowest BCUT2D eigenvalue weighted by Gasteiger charge is -2.04. The van der Waals surface area contributed by atoms with Crippen molar-refractivity contribution in [3.8, 4) is 5.75 Å². The lowest BCUT2D eigenvalue weighted by Crippen LogP contribution is -1.99. The Morgan fingerprint density at radius 1 is 1.09 bits per heavy atom. The lowest BCUT2D eigenvalue weighted by atomic mass is 10.1. The number of benzene rings is 2. The molecule has 3 heteroatoms. The van der Waals surface area contributed by atoms with Gasteiger partial charge >= 0.3 is 0 Å². The van der Waals surface area contributed by atoms with Crippen molar-refractivity contribution in [1.29, 1.82) is 0 Å². The Morgan fingerprint density at radius 3 is 2.50 bits per heavy atom. The van der Waals surface area contributed by atoms with Gasteiger partial charge in [0.1, 0.15) is 12.4 Å². The van der Waals surface area contributed by atoms with Crippen LogP contribution in [-0.4, -0.2) is 12.8 Å². The molecular weight excluding hydrogens is 274 g/mol. The van der Waals surface area contributed by atoms with Gasteiger partial charge in [-0.1, -0.05) is 47.6 Å². The van der Waals surface area contributed by atoms with Crippen molar-refractivity contribution in [3.05, 3.63) is 65.7 Å². The molecule has 0 aromatic heterocycles. The summed E-state index contributed by atoms with van der Waals surface area (Å²) < 4.78 is 5.20. The van der Waals surface area contributed by atoms with Crippen LogP contribution in [-0.2, 0) is 11.4 Å². The van der Waals surface area contributed by atoms with Crippen molar-refractivity contribution in [1.82, 2.24) is 0 Å². The van der Waals surface area contributed by atoms with Crippen LogP contribution in [0.25, 0.3) is 0 Å². The molecule has 2 atom stereocenters. The molecule has 1 fully saturated rings. The Kier molecular flexibility index (Phi) is 4.42. The summed E-state index contributed by atoms with van der Waals surface area (Å²) in [5, 5.41) is 4.28. The third-order valence-electron chi connectivity index (χ3n) is 4.15. The monoisotopic (exact) mass is 295 g/mol. The second kappa shape index (κ2) is 6.65. The summed E-state index contributed by atoms with van der Waals surface area (Å²) in [4.78, 5) is 5.47. The number of hydrogen-bond acceptors (Lipinski definition) is 3. The van der Waals surface area contributed by atoms with Crippen molar-refractivity contribution >= 4 is 5.71 Å². The Hall–Kier alpha value is -2.29. The Labute approximate surface area is 131 Å². The first-order chi connectivity index (χ1) is 10.8. The van der Waals surface area contributed by atoms with E-state index in [1.165, 1.54) is 5.56 Å². The second-order valence-electron chi connectivity index (χ2n) is 5.71. The highest BCUT2D eigenvalue weighted by Crippen LogP contribution is 2.48. The molecule has 2 aromatic carbocycles. The van der Waals surface area contributed by atoms with Crippen LogP contribution in [0.4, 0.5) is 0 Å². The van der Waals surface area contributed by atoms with Gasteiger partial charge in [-0.2, -0.15) is 0 Å².